The number of aromatic nitrogens is 2. The number of amides is 2. The van der Waals surface area contributed by atoms with Crippen LogP contribution < -0.4 is 11.1 Å². The highest BCUT2D eigenvalue weighted by Gasteiger charge is 2.53. The van der Waals surface area contributed by atoms with Crippen LogP contribution in [0.1, 0.15) is 43.7 Å². The molecule has 1 saturated carbocycles. The summed E-state index contributed by atoms with van der Waals surface area (Å²) in [5.41, 5.74) is 7.35. The predicted molar refractivity (Wildman–Crippen MR) is 139 cm³/mol. The van der Waals surface area contributed by atoms with Crippen molar-refractivity contribution in [2.75, 3.05) is 27.7 Å². The third kappa shape index (κ3) is 4.43. The van der Waals surface area contributed by atoms with Crippen molar-refractivity contribution in [2.45, 2.75) is 37.4 Å². The van der Waals surface area contributed by atoms with Gasteiger partial charge in [0, 0.05) is 60.3 Å². The van der Waals surface area contributed by atoms with Crippen molar-refractivity contribution < 1.29 is 14.4 Å². The number of nitrogens with two attached hydrogens (primary N) is 1. The Balaban J connectivity index is 1.44. The average Bonchev–Trinajstić information content (AvgIpc) is 3.53. The largest absolute Gasteiger partial charge is 0.352 e. The van der Waals surface area contributed by atoms with Crippen molar-refractivity contribution in [3.63, 3.8) is 0 Å². The fourth-order valence-electron chi connectivity index (χ4n) is 5.24. The maximum atomic E-state index is 13.8. The Morgan fingerprint density at radius 2 is 2.08 bits per heavy atom. The highest BCUT2D eigenvalue weighted by molar-refractivity contribution is 7.13. The van der Waals surface area contributed by atoms with E-state index in [4.69, 9.17) is 17.3 Å². The van der Waals surface area contributed by atoms with Crippen molar-refractivity contribution in [1.82, 2.24) is 25.1 Å². The minimum absolute atomic E-state index is 0.120. The van der Waals surface area contributed by atoms with Crippen LogP contribution in [0.5, 0.6) is 0 Å². The molecule has 3 unspecified atom stereocenters. The summed E-state index contributed by atoms with van der Waals surface area (Å²) in [6.45, 7) is 1.65. The van der Waals surface area contributed by atoms with Crippen LogP contribution in [0, 0.1) is 5.92 Å². The highest BCUT2D eigenvalue weighted by atomic mass is 35.5. The number of aromatic amines is 1. The van der Waals surface area contributed by atoms with Crippen LogP contribution in [-0.2, 0) is 17.8 Å². The topological polar surface area (TPSA) is 124 Å². The Bertz CT molecular complexity index is 1370. The molecule has 1 aromatic carbocycles. The quantitative estimate of drug-likeness (QED) is 0.437. The average molecular weight is 529 g/mol. The zero-order chi connectivity index (χ0) is 25.8. The molecule has 4 N–H and O–H groups in total. The van der Waals surface area contributed by atoms with Gasteiger partial charge < -0.3 is 25.8 Å². The molecular formula is C25H29ClN6O3S. The van der Waals surface area contributed by atoms with E-state index in [2.05, 4.69) is 20.2 Å². The van der Waals surface area contributed by atoms with E-state index in [1.54, 1.807) is 38.4 Å². The molecule has 3 atom stereocenters. The fraction of sp³-hybridized carbons (Fsp3) is 0.440. The zero-order valence-corrected chi connectivity index (χ0v) is 22.0. The van der Waals surface area contributed by atoms with E-state index in [0.29, 0.717) is 15.7 Å². The minimum Gasteiger partial charge on any atom is -0.352 e. The molecule has 3 heterocycles. The van der Waals surface area contributed by atoms with Gasteiger partial charge in [-0.3, -0.25) is 14.4 Å². The van der Waals surface area contributed by atoms with Gasteiger partial charge in [-0.25, -0.2) is 4.98 Å². The maximum absolute atomic E-state index is 13.8. The Morgan fingerprint density at radius 1 is 1.31 bits per heavy atom. The molecule has 5 rings (SSSR count). The van der Waals surface area contributed by atoms with Gasteiger partial charge in [0.05, 0.1) is 17.4 Å². The first kappa shape index (κ1) is 24.9. The van der Waals surface area contributed by atoms with Gasteiger partial charge in [-0.15, -0.1) is 11.3 Å². The number of hydrogen-bond donors (Lipinski definition) is 3. The molecule has 1 fully saturated rings. The molecule has 0 bridgehead atoms. The van der Waals surface area contributed by atoms with Crippen LogP contribution in [0.25, 0.3) is 10.9 Å². The number of nitrogens with one attached hydrogen (secondary N) is 2. The van der Waals surface area contributed by atoms with Crippen LogP contribution in [0.15, 0.2) is 24.3 Å². The van der Waals surface area contributed by atoms with Gasteiger partial charge in [-0.05, 0) is 44.2 Å². The number of halogens is 1. The SMILES string of the molecule is CN1CCc2nc(C(=O)NC3CC(C(=O)N(C)C)CC3(N)C(=O)c3cc4cc(Cl)ccc4[nH]3)sc2C1. The van der Waals surface area contributed by atoms with Crippen molar-refractivity contribution in [2.24, 2.45) is 11.7 Å². The van der Waals surface area contributed by atoms with E-state index < -0.39 is 17.5 Å². The number of thiazole rings is 1. The van der Waals surface area contributed by atoms with Crippen LogP contribution >= 0.6 is 22.9 Å². The van der Waals surface area contributed by atoms with E-state index in [1.807, 2.05) is 7.05 Å². The van der Waals surface area contributed by atoms with Crippen LogP contribution in [-0.4, -0.2) is 76.6 Å². The molecule has 36 heavy (non-hydrogen) atoms. The van der Waals surface area contributed by atoms with Gasteiger partial charge in [0.15, 0.2) is 5.01 Å². The molecule has 3 aromatic rings. The summed E-state index contributed by atoms with van der Waals surface area (Å²) in [4.78, 5) is 52.4. The third-order valence-electron chi connectivity index (χ3n) is 7.19. The van der Waals surface area contributed by atoms with Crippen LogP contribution in [0.4, 0.5) is 0 Å². The van der Waals surface area contributed by atoms with E-state index in [-0.39, 0.29) is 30.4 Å². The van der Waals surface area contributed by atoms with Gasteiger partial charge in [-0.1, -0.05) is 11.6 Å². The number of H-pyrrole nitrogens is 1. The van der Waals surface area contributed by atoms with Crippen LogP contribution in [0.2, 0.25) is 5.02 Å². The minimum atomic E-state index is -1.46. The molecule has 2 aliphatic rings. The lowest BCUT2D eigenvalue weighted by Gasteiger charge is -2.30. The summed E-state index contributed by atoms with van der Waals surface area (Å²) >= 11 is 7.48. The maximum Gasteiger partial charge on any atom is 0.280 e. The molecule has 0 spiro atoms. The Labute approximate surface area is 218 Å². The lowest BCUT2D eigenvalue weighted by molar-refractivity contribution is -0.132. The first-order valence-electron chi connectivity index (χ1n) is 11.9. The van der Waals surface area contributed by atoms with Gasteiger partial charge >= 0.3 is 0 Å². The van der Waals surface area contributed by atoms with Crippen molar-refractivity contribution >= 4 is 51.4 Å². The van der Waals surface area contributed by atoms with Gasteiger partial charge in [0.1, 0.15) is 5.54 Å². The normalized spacial score (nSPS) is 24.0. The second-order valence-corrected chi connectivity index (χ2v) is 11.6. The zero-order valence-electron chi connectivity index (χ0n) is 20.4. The van der Waals surface area contributed by atoms with E-state index in [1.165, 1.54) is 16.2 Å². The second-order valence-electron chi connectivity index (χ2n) is 10.1. The van der Waals surface area contributed by atoms with Crippen molar-refractivity contribution in [3.05, 3.63) is 50.6 Å². The summed E-state index contributed by atoms with van der Waals surface area (Å²) < 4.78 is 0. The second kappa shape index (κ2) is 9.26. The van der Waals surface area contributed by atoms with Gasteiger partial charge in [0.25, 0.3) is 5.91 Å². The van der Waals surface area contributed by atoms with Gasteiger partial charge in [0.2, 0.25) is 11.7 Å². The first-order chi connectivity index (χ1) is 17.0. The Morgan fingerprint density at radius 3 is 2.83 bits per heavy atom. The molecule has 11 heteroatoms. The number of nitrogens with zero attached hydrogens (tertiary/aromatic N) is 3. The number of carbonyl (C=O) groups is 3. The molecule has 2 amide bonds. The fourth-order valence-corrected chi connectivity index (χ4v) is 6.51. The lowest BCUT2D eigenvalue weighted by Crippen LogP contribution is -2.60. The Hall–Kier alpha value is -2.79. The molecule has 1 aliphatic carbocycles. The van der Waals surface area contributed by atoms with Crippen molar-refractivity contribution in [3.8, 4) is 0 Å². The number of rotatable bonds is 5. The van der Waals surface area contributed by atoms with E-state index in [9.17, 15) is 14.4 Å². The molecule has 190 valence electrons. The molecule has 0 saturated heterocycles. The summed E-state index contributed by atoms with van der Waals surface area (Å²) in [6.07, 6.45) is 1.19. The summed E-state index contributed by atoms with van der Waals surface area (Å²) in [7, 11) is 5.38. The number of benzene rings is 1. The molecule has 9 nitrogen and oxygen atoms in total. The first-order valence-corrected chi connectivity index (χ1v) is 13.1. The number of carbonyl (C=O) groups excluding carboxylic acids is 3. The monoisotopic (exact) mass is 528 g/mol. The smallest absolute Gasteiger partial charge is 0.280 e. The highest BCUT2D eigenvalue weighted by Crippen LogP contribution is 2.37. The number of fused-ring (bicyclic) bond motifs is 2. The lowest BCUT2D eigenvalue weighted by atomic mass is 9.86. The molecule has 0 radical (unpaired) electrons. The Kier molecular flexibility index (Phi) is 6.40. The number of Topliss-reactive ketones (excluding diaryl/α,β-unsaturated/α-hetero) is 1. The molecule has 2 aromatic heterocycles. The van der Waals surface area contributed by atoms with Crippen LogP contribution in [0.3, 0.4) is 0 Å². The summed E-state index contributed by atoms with van der Waals surface area (Å²) in [5, 5.41) is 4.66. The van der Waals surface area contributed by atoms with Gasteiger partial charge in [-0.2, -0.15) is 0 Å². The number of likely N-dealkylation sites (N-methyl/N-ethyl adjacent to an activating group) is 1. The predicted octanol–water partition coefficient (Wildman–Crippen LogP) is 2.44. The molecular weight excluding hydrogens is 500 g/mol. The molecule has 1 aliphatic heterocycles. The van der Waals surface area contributed by atoms with E-state index in [0.717, 1.165) is 41.0 Å². The number of ketones is 1. The van der Waals surface area contributed by atoms with Crippen molar-refractivity contribution in [1.29, 1.82) is 0 Å². The summed E-state index contributed by atoms with van der Waals surface area (Å²) in [6, 6.07) is 6.28. The third-order valence-corrected chi connectivity index (χ3v) is 8.50. The summed E-state index contributed by atoms with van der Waals surface area (Å²) in [5.74, 6) is -1.33. The van der Waals surface area contributed by atoms with E-state index >= 15 is 0 Å². The standard InChI is InChI=1S/C25H29ClN6O3S/c1-31(2)24(35)14-10-20(30-22(34)23-29-17-6-7-32(3)12-19(17)36-23)25(27,11-14)21(33)18-9-13-8-15(26)4-5-16(13)28-18/h4-5,8-9,14,20,28H,6-7,10-12,27H2,1-3H3,(H,30,34). The number of hydrogen-bond acceptors (Lipinski definition) is 7.